The molecule has 0 saturated heterocycles. The first-order valence-electron chi connectivity index (χ1n) is 5.07. The fourth-order valence-corrected chi connectivity index (χ4v) is 1.83. The lowest BCUT2D eigenvalue weighted by molar-refractivity contribution is 0.112. The molecule has 0 spiro atoms. The molecular formula is C12H16BrNO. The van der Waals surface area contributed by atoms with Gasteiger partial charge in [0, 0.05) is 28.8 Å². The molecule has 0 N–H and O–H groups in total. The third-order valence-corrected chi connectivity index (χ3v) is 3.24. The first-order valence-corrected chi connectivity index (χ1v) is 5.87. The Hall–Kier alpha value is -0.830. The fraction of sp³-hybridized carbons (Fsp3) is 0.417. The number of nitrogens with zero attached hydrogens (tertiary/aromatic N) is 1. The van der Waals surface area contributed by atoms with Crippen LogP contribution >= 0.6 is 15.9 Å². The summed E-state index contributed by atoms with van der Waals surface area (Å²) in [7, 11) is 2.02. The molecule has 1 atom stereocenters. The van der Waals surface area contributed by atoms with E-state index in [0.29, 0.717) is 6.04 Å². The van der Waals surface area contributed by atoms with Gasteiger partial charge in [0.2, 0.25) is 0 Å². The molecule has 0 aliphatic carbocycles. The minimum Gasteiger partial charge on any atom is -0.371 e. The van der Waals surface area contributed by atoms with Crippen molar-refractivity contribution in [2.75, 3.05) is 11.9 Å². The zero-order valence-corrected chi connectivity index (χ0v) is 10.9. The minimum absolute atomic E-state index is 0.435. The molecule has 3 heteroatoms. The molecule has 1 rings (SSSR count). The van der Waals surface area contributed by atoms with Gasteiger partial charge in [-0.25, -0.2) is 0 Å². The summed E-state index contributed by atoms with van der Waals surface area (Å²) in [5, 5.41) is 0. The summed E-state index contributed by atoms with van der Waals surface area (Å²) in [6.07, 6.45) is 1.96. The lowest BCUT2D eigenvalue weighted by Gasteiger charge is -2.27. The Kier molecular flexibility index (Phi) is 4.33. The topological polar surface area (TPSA) is 20.3 Å². The van der Waals surface area contributed by atoms with Crippen molar-refractivity contribution in [2.45, 2.75) is 26.3 Å². The summed E-state index contributed by atoms with van der Waals surface area (Å²) in [6, 6.07) is 6.22. The summed E-state index contributed by atoms with van der Waals surface area (Å²) < 4.78 is 0.936. The standard InChI is InChI=1S/C12H16BrNO/c1-4-9(2)14(3)12-6-5-11(13)7-10(12)8-15/h5-9H,4H2,1-3H3. The highest BCUT2D eigenvalue weighted by Crippen LogP contribution is 2.24. The monoisotopic (exact) mass is 269 g/mol. The Bertz CT molecular complexity index is 351. The van der Waals surface area contributed by atoms with Crippen LogP contribution < -0.4 is 4.90 Å². The van der Waals surface area contributed by atoms with Gasteiger partial charge >= 0.3 is 0 Å². The fourth-order valence-electron chi connectivity index (χ4n) is 1.45. The molecular weight excluding hydrogens is 254 g/mol. The Morgan fingerprint density at radius 1 is 1.53 bits per heavy atom. The molecule has 0 saturated carbocycles. The van der Waals surface area contributed by atoms with Crippen LogP contribution in [0.5, 0.6) is 0 Å². The van der Waals surface area contributed by atoms with E-state index in [2.05, 4.69) is 34.7 Å². The Labute approximate surface area is 99.4 Å². The maximum absolute atomic E-state index is 10.9. The molecule has 0 radical (unpaired) electrons. The summed E-state index contributed by atoms with van der Waals surface area (Å²) >= 11 is 3.36. The number of carbonyl (C=O) groups is 1. The van der Waals surface area contributed by atoms with Crippen molar-refractivity contribution < 1.29 is 4.79 Å². The number of aldehydes is 1. The van der Waals surface area contributed by atoms with Gasteiger partial charge in [-0.1, -0.05) is 22.9 Å². The van der Waals surface area contributed by atoms with Gasteiger partial charge in [-0.15, -0.1) is 0 Å². The van der Waals surface area contributed by atoms with Crippen LogP contribution in [0.2, 0.25) is 0 Å². The van der Waals surface area contributed by atoms with Crippen molar-refractivity contribution in [3.63, 3.8) is 0 Å². The largest absolute Gasteiger partial charge is 0.371 e. The lowest BCUT2D eigenvalue weighted by Crippen LogP contribution is -2.28. The normalized spacial score (nSPS) is 12.3. The molecule has 0 aromatic heterocycles. The van der Waals surface area contributed by atoms with Gasteiger partial charge in [-0.2, -0.15) is 0 Å². The van der Waals surface area contributed by atoms with Crippen molar-refractivity contribution in [3.05, 3.63) is 28.2 Å². The number of hydrogen-bond acceptors (Lipinski definition) is 2. The number of anilines is 1. The zero-order valence-electron chi connectivity index (χ0n) is 9.33. The minimum atomic E-state index is 0.435. The molecule has 2 nitrogen and oxygen atoms in total. The predicted molar refractivity (Wildman–Crippen MR) is 67.7 cm³/mol. The maximum Gasteiger partial charge on any atom is 0.152 e. The first kappa shape index (κ1) is 12.2. The molecule has 0 aliphatic heterocycles. The van der Waals surface area contributed by atoms with Crippen LogP contribution in [-0.4, -0.2) is 19.4 Å². The van der Waals surface area contributed by atoms with Gasteiger partial charge in [0.1, 0.15) is 0 Å². The molecule has 15 heavy (non-hydrogen) atoms. The van der Waals surface area contributed by atoms with E-state index in [1.54, 1.807) is 0 Å². The van der Waals surface area contributed by atoms with Crippen molar-refractivity contribution in [1.82, 2.24) is 0 Å². The molecule has 1 aromatic carbocycles. The molecule has 0 bridgehead atoms. The summed E-state index contributed by atoms with van der Waals surface area (Å²) in [6.45, 7) is 4.29. The SMILES string of the molecule is CCC(C)N(C)c1ccc(Br)cc1C=O. The van der Waals surface area contributed by atoms with Crippen molar-refractivity contribution >= 4 is 27.9 Å². The molecule has 1 aromatic rings. The maximum atomic E-state index is 10.9. The van der Waals surface area contributed by atoms with E-state index in [-0.39, 0.29) is 0 Å². The Morgan fingerprint density at radius 2 is 2.20 bits per heavy atom. The van der Waals surface area contributed by atoms with Gasteiger partial charge in [-0.3, -0.25) is 4.79 Å². The second kappa shape index (κ2) is 5.31. The van der Waals surface area contributed by atoms with Gasteiger partial charge < -0.3 is 4.90 Å². The molecule has 0 amide bonds. The summed E-state index contributed by atoms with van der Waals surface area (Å²) in [5.74, 6) is 0. The molecule has 0 heterocycles. The van der Waals surface area contributed by atoms with Crippen molar-refractivity contribution in [2.24, 2.45) is 0 Å². The van der Waals surface area contributed by atoms with Gasteiger partial charge in [0.25, 0.3) is 0 Å². The zero-order chi connectivity index (χ0) is 11.4. The highest BCUT2D eigenvalue weighted by atomic mass is 79.9. The van der Waals surface area contributed by atoms with Crippen molar-refractivity contribution in [1.29, 1.82) is 0 Å². The predicted octanol–water partition coefficient (Wildman–Crippen LogP) is 3.50. The number of hydrogen-bond donors (Lipinski definition) is 0. The van der Waals surface area contributed by atoms with Crippen LogP contribution in [-0.2, 0) is 0 Å². The van der Waals surface area contributed by atoms with E-state index < -0.39 is 0 Å². The van der Waals surface area contributed by atoms with E-state index in [0.717, 1.165) is 28.4 Å². The van der Waals surface area contributed by atoms with Gasteiger partial charge in [-0.05, 0) is 31.5 Å². The highest BCUT2D eigenvalue weighted by Gasteiger charge is 2.11. The molecule has 1 unspecified atom stereocenters. The van der Waals surface area contributed by atoms with E-state index in [4.69, 9.17) is 0 Å². The third kappa shape index (κ3) is 2.81. The Morgan fingerprint density at radius 3 is 2.73 bits per heavy atom. The van der Waals surface area contributed by atoms with Gasteiger partial charge in [0.05, 0.1) is 0 Å². The van der Waals surface area contributed by atoms with Crippen molar-refractivity contribution in [3.8, 4) is 0 Å². The van der Waals surface area contributed by atoms with Crippen LogP contribution in [0.25, 0.3) is 0 Å². The molecule has 0 fully saturated rings. The van der Waals surface area contributed by atoms with Crippen LogP contribution in [0.1, 0.15) is 30.6 Å². The van der Waals surface area contributed by atoms with Crippen LogP contribution in [0.4, 0.5) is 5.69 Å². The second-order valence-corrected chi connectivity index (χ2v) is 4.60. The molecule has 82 valence electrons. The summed E-state index contributed by atoms with van der Waals surface area (Å²) in [4.78, 5) is 13.1. The highest BCUT2D eigenvalue weighted by molar-refractivity contribution is 9.10. The smallest absolute Gasteiger partial charge is 0.152 e. The quantitative estimate of drug-likeness (QED) is 0.780. The summed E-state index contributed by atoms with van der Waals surface area (Å²) in [5.41, 5.74) is 1.72. The Balaban J connectivity index is 3.07. The molecule has 0 aliphatic rings. The van der Waals surface area contributed by atoms with E-state index in [1.165, 1.54) is 0 Å². The van der Waals surface area contributed by atoms with Crippen LogP contribution in [0.15, 0.2) is 22.7 Å². The van der Waals surface area contributed by atoms with E-state index >= 15 is 0 Å². The number of benzene rings is 1. The second-order valence-electron chi connectivity index (χ2n) is 3.69. The number of rotatable bonds is 4. The average molecular weight is 270 g/mol. The number of carbonyl (C=O) groups excluding carboxylic acids is 1. The average Bonchev–Trinajstić information content (AvgIpc) is 2.26. The van der Waals surface area contributed by atoms with E-state index in [9.17, 15) is 4.79 Å². The van der Waals surface area contributed by atoms with Crippen LogP contribution in [0.3, 0.4) is 0 Å². The van der Waals surface area contributed by atoms with E-state index in [1.807, 2.05) is 25.2 Å². The lowest BCUT2D eigenvalue weighted by atomic mass is 10.1. The van der Waals surface area contributed by atoms with Crippen LogP contribution in [0, 0.1) is 0 Å². The van der Waals surface area contributed by atoms with Gasteiger partial charge in [0.15, 0.2) is 6.29 Å². The number of halogens is 1. The first-order chi connectivity index (χ1) is 7.10. The third-order valence-electron chi connectivity index (χ3n) is 2.75.